The largest absolute Gasteiger partial charge is 0.486 e. The topological polar surface area (TPSA) is 97.8 Å². The van der Waals surface area contributed by atoms with E-state index in [-0.39, 0.29) is 23.8 Å². The fraction of sp³-hybridized carbons (Fsp3) is 0.240. The van der Waals surface area contributed by atoms with E-state index in [0.29, 0.717) is 37.0 Å². The number of oxazole rings is 1. The Labute approximate surface area is 191 Å². The highest BCUT2D eigenvalue weighted by atomic mass is 16.5. The van der Waals surface area contributed by atoms with Gasteiger partial charge in [-0.05, 0) is 55.7 Å². The van der Waals surface area contributed by atoms with Crippen molar-refractivity contribution in [3.8, 4) is 11.8 Å². The fourth-order valence-electron chi connectivity index (χ4n) is 3.68. The molecule has 0 unspecified atom stereocenters. The number of carbonyl (C=O) groups is 2. The minimum atomic E-state index is -1.06. The fourth-order valence-corrected chi connectivity index (χ4v) is 3.68. The van der Waals surface area contributed by atoms with E-state index in [1.165, 1.54) is 6.08 Å². The maximum atomic E-state index is 12.4. The molecule has 2 aromatic heterocycles. The summed E-state index contributed by atoms with van der Waals surface area (Å²) in [6.07, 6.45) is 11.1. The number of allylic oxidation sites excluding steroid dienone is 3. The van der Waals surface area contributed by atoms with Gasteiger partial charge in [0.05, 0.1) is 0 Å². The van der Waals surface area contributed by atoms with Crippen LogP contribution in [0.1, 0.15) is 39.9 Å². The van der Waals surface area contributed by atoms with Crippen LogP contribution >= 0.6 is 0 Å². The first-order valence-electron chi connectivity index (χ1n) is 10.7. The van der Waals surface area contributed by atoms with E-state index in [2.05, 4.69) is 4.98 Å². The SMILES string of the molecule is C/C=C/C=C/C(=O)N1CCc2cc(C(=O)O)c(OCc3nc(-n4cccc4)oc3C)cc2C1. The zero-order valence-corrected chi connectivity index (χ0v) is 18.5. The molecule has 33 heavy (non-hydrogen) atoms. The van der Waals surface area contributed by atoms with E-state index in [1.807, 2.05) is 37.5 Å². The first-order valence-corrected chi connectivity index (χ1v) is 10.7. The van der Waals surface area contributed by atoms with E-state index in [4.69, 9.17) is 9.15 Å². The molecule has 0 bridgehead atoms. The van der Waals surface area contributed by atoms with Crippen LogP contribution in [0, 0.1) is 6.92 Å². The third-order valence-electron chi connectivity index (χ3n) is 5.47. The number of carbonyl (C=O) groups excluding carboxylic acids is 1. The predicted molar refractivity (Wildman–Crippen MR) is 121 cm³/mol. The Bertz CT molecular complexity index is 1220. The van der Waals surface area contributed by atoms with Gasteiger partial charge in [0.2, 0.25) is 5.91 Å². The van der Waals surface area contributed by atoms with Crippen LogP contribution in [0.4, 0.5) is 0 Å². The summed E-state index contributed by atoms with van der Waals surface area (Å²) in [5.41, 5.74) is 2.46. The van der Waals surface area contributed by atoms with Crippen molar-refractivity contribution in [2.45, 2.75) is 33.4 Å². The highest BCUT2D eigenvalue weighted by Crippen LogP contribution is 2.29. The highest BCUT2D eigenvalue weighted by molar-refractivity contribution is 5.92. The second-order valence-corrected chi connectivity index (χ2v) is 7.70. The second kappa shape index (κ2) is 9.60. The van der Waals surface area contributed by atoms with Gasteiger partial charge in [-0.1, -0.05) is 18.2 Å². The Kier molecular flexibility index (Phi) is 6.44. The number of amides is 1. The van der Waals surface area contributed by atoms with Crippen LogP contribution in [-0.4, -0.2) is 38.0 Å². The molecule has 1 amide bonds. The van der Waals surface area contributed by atoms with Gasteiger partial charge in [-0.15, -0.1) is 0 Å². The van der Waals surface area contributed by atoms with E-state index in [1.54, 1.807) is 40.7 Å². The summed E-state index contributed by atoms with van der Waals surface area (Å²) in [6, 6.07) is 7.51. The summed E-state index contributed by atoms with van der Waals surface area (Å²) in [7, 11) is 0. The molecular weight excluding hydrogens is 422 g/mol. The molecular formula is C25H25N3O5. The van der Waals surface area contributed by atoms with Crippen LogP contribution in [0.3, 0.4) is 0 Å². The van der Waals surface area contributed by atoms with Crippen molar-refractivity contribution in [3.63, 3.8) is 0 Å². The first kappa shape index (κ1) is 22.1. The van der Waals surface area contributed by atoms with Gasteiger partial charge in [0.25, 0.3) is 0 Å². The van der Waals surface area contributed by atoms with Crippen molar-refractivity contribution in [3.05, 3.63) is 89.1 Å². The molecule has 0 radical (unpaired) electrons. The molecule has 1 aromatic carbocycles. The minimum Gasteiger partial charge on any atom is -0.486 e. The van der Waals surface area contributed by atoms with Gasteiger partial charge in [0.15, 0.2) is 0 Å². The molecule has 0 saturated carbocycles. The number of hydrogen-bond donors (Lipinski definition) is 1. The summed E-state index contributed by atoms with van der Waals surface area (Å²) in [5.74, 6) is -0.312. The normalized spacial score (nSPS) is 13.6. The van der Waals surface area contributed by atoms with Gasteiger partial charge in [-0.3, -0.25) is 9.36 Å². The van der Waals surface area contributed by atoms with Gasteiger partial charge in [0, 0.05) is 31.6 Å². The Hall–Kier alpha value is -4.07. The number of aromatic carboxylic acids is 1. The summed E-state index contributed by atoms with van der Waals surface area (Å²) >= 11 is 0. The first-order chi connectivity index (χ1) is 16.0. The molecule has 0 saturated heterocycles. The standard InChI is InChI=1S/C25H25N3O5/c1-3-4-5-8-23(29)28-12-9-18-13-20(24(30)31)22(14-19(18)15-28)32-16-21-17(2)33-25(26-21)27-10-6-7-11-27/h3-8,10-11,13-14H,9,12,15-16H2,1-2H3,(H,30,31)/b4-3+,8-5+. The molecule has 0 spiro atoms. The lowest BCUT2D eigenvalue weighted by Crippen LogP contribution is -2.35. The van der Waals surface area contributed by atoms with Crippen LogP contribution in [0.2, 0.25) is 0 Å². The number of ether oxygens (including phenoxy) is 1. The number of fused-ring (bicyclic) bond motifs is 1. The lowest BCUT2D eigenvalue weighted by molar-refractivity contribution is -0.126. The number of rotatable bonds is 7. The number of hydrogen-bond acceptors (Lipinski definition) is 5. The van der Waals surface area contributed by atoms with Crippen molar-refractivity contribution in [1.29, 1.82) is 0 Å². The molecule has 0 aliphatic carbocycles. The summed E-state index contributed by atoms with van der Waals surface area (Å²) < 4.78 is 13.3. The molecule has 1 aliphatic heterocycles. The van der Waals surface area contributed by atoms with Crippen LogP contribution in [0.5, 0.6) is 5.75 Å². The van der Waals surface area contributed by atoms with Crippen molar-refractivity contribution < 1.29 is 23.8 Å². The summed E-state index contributed by atoms with van der Waals surface area (Å²) in [4.78, 5) is 30.5. The molecule has 0 atom stereocenters. The highest BCUT2D eigenvalue weighted by Gasteiger charge is 2.24. The molecule has 1 aliphatic rings. The molecule has 4 rings (SSSR count). The number of carboxylic acid groups (broad SMARTS) is 1. The lowest BCUT2D eigenvalue weighted by Gasteiger charge is -2.29. The smallest absolute Gasteiger partial charge is 0.339 e. The summed E-state index contributed by atoms with van der Waals surface area (Å²) in [6.45, 7) is 4.66. The van der Waals surface area contributed by atoms with Crippen molar-refractivity contribution >= 4 is 11.9 Å². The van der Waals surface area contributed by atoms with Crippen molar-refractivity contribution in [2.75, 3.05) is 6.54 Å². The van der Waals surface area contributed by atoms with Gasteiger partial charge in [0.1, 0.15) is 29.4 Å². The quantitative estimate of drug-likeness (QED) is 0.433. The van der Waals surface area contributed by atoms with E-state index < -0.39 is 5.97 Å². The number of benzene rings is 1. The molecule has 1 N–H and O–H groups in total. The molecule has 3 aromatic rings. The van der Waals surface area contributed by atoms with Gasteiger partial charge in [-0.2, -0.15) is 4.98 Å². The lowest BCUT2D eigenvalue weighted by atomic mass is 9.96. The van der Waals surface area contributed by atoms with Crippen LogP contribution < -0.4 is 4.74 Å². The maximum absolute atomic E-state index is 12.4. The van der Waals surface area contributed by atoms with Gasteiger partial charge in [-0.25, -0.2) is 4.79 Å². The molecule has 8 nitrogen and oxygen atoms in total. The molecule has 8 heteroatoms. The molecule has 170 valence electrons. The van der Waals surface area contributed by atoms with Crippen LogP contribution in [0.15, 0.2) is 65.4 Å². The Morgan fingerprint density at radius 2 is 2.00 bits per heavy atom. The zero-order chi connectivity index (χ0) is 23.4. The number of aryl methyl sites for hydroxylation is 1. The average Bonchev–Trinajstić information content (AvgIpc) is 3.46. The van der Waals surface area contributed by atoms with Crippen molar-refractivity contribution in [2.24, 2.45) is 0 Å². The zero-order valence-electron chi connectivity index (χ0n) is 18.5. The van der Waals surface area contributed by atoms with Crippen LogP contribution in [-0.2, 0) is 24.4 Å². The number of aromatic nitrogens is 2. The van der Waals surface area contributed by atoms with Crippen LogP contribution in [0.25, 0.3) is 6.01 Å². The molecule has 0 fully saturated rings. The van der Waals surface area contributed by atoms with E-state index in [0.717, 1.165) is 11.1 Å². The average molecular weight is 447 g/mol. The van der Waals surface area contributed by atoms with E-state index >= 15 is 0 Å². The summed E-state index contributed by atoms with van der Waals surface area (Å²) in [5, 5.41) is 9.71. The molecule has 3 heterocycles. The van der Waals surface area contributed by atoms with Gasteiger partial charge < -0.3 is 19.2 Å². The Balaban J connectivity index is 1.54. The predicted octanol–water partition coefficient (Wildman–Crippen LogP) is 4.07. The monoisotopic (exact) mass is 447 g/mol. The third-order valence-corrected chi connectivity index (χ3v) is 5.47. The second-order valence-electron chi connectivity index (χ2n) is 7.70. The van der Waals surface area contributed by atoms with Crippen molar-refractivity contribution in [1.82, 2.24) is 14.5 Å². The maximum Gasteiger partial charge on any atom is 0.339 e. The number of nitrogens with zero attached hydrogens (tertiary/aromatic N) is 3. The Morgan fingerprint density at radius 1 is 1.21 bits per heavy atom. The number of carboxylic acids is 1. The van der Waals surface area contributed by atoms with Gasteiger partial charge >= 0.3 is 12.0 Å². The van der Waals surface area contributed by atoms with E-state index in [9.17, 15) is 14.7 Å². The third kappa shape index (κ3) is 4.90. The Morgan fingerprint density at radius 3 is 2.73 bits per heavy atom. The minimum absolute atomic E-state index is 0.0599.